The monoisotopic (exact) mass is 331 g/mol. The zero-order chi connectivity index (χ0) is 15.9. The van der Waals surface area contributed by atoms with Crippen molar-refractivity contribution in [1.82, 2.24) is 4.72 Å². The average Bonchev–Trinajstić information content (AvgIpc) is 2.46. The average molecular weight is 332 g/mol. The molecule has 1 atom stereocenters. The molecule has 1 rings (SSSR count). The first kappa shape index (κ1) is 18.1. The number of sulfonamides is 1. The summed E-state index contributed by atoms with van der Waals surface area (Å²) in [5, 5.41) is 0. The minimum Gasteiger partial charge on any atom is -0.330 e. The number of hydrogen-bond donors (Lipinski definition) is 2. The molecule has 0 saturated heterocycles. The lowest BCUT2D eigenvalue weighted by atomic mass is 10.1. The molecule has 1 aromatic rings. The second kappa shape index (κ2) is 8.48. The molecule has 0 spiro atoms. The van der Waals surface area contributed by atoms with Gasteiger partial charge in [0.2, 0.25) is 10.0 Å². The summed E-state index contributed by atoms with van der Waals surface area (Å²) in [7, 11) is -3.75. The zero-order valence-electron chi connectivity index (χ0n) is 11.9. The van der Waals surface area contributed by atoms with Crippen molar-refractivity contribution in [3.05, 3.63) is 35.7 Å². The van der Waals surface area contributed by atoms with Crippen LogP contribution in [0.4, 0.5) is 0 Å². The maximum atomic E-state index is 12.3. The normalized spacial score (nSPS) is 13.1. The van der Waals surface area contributed by atoms with Crippen molar-refractivity contribution in [3.8, 4) is 0 Å². The molecule has 0 amide bonds. The van der Waals surface area contributed by atoms with Crippen LogP contribution in [0.5, 0.6) is 0 Å². The minimum absolute atomic E-state index is 0.124. The van der Waals surface area contributed by atoms with Crippen LogP contribution < -0.4 is 10.5 Å². The highest BCUT2D eigenvalue weighted by molar-refractivity contribution is 7.89. The molecule has 0 aliphatic rings. The van der Waals surface area contributed by atoms with Crippen molar-refractivity contribution >= 4 is 27.4 Å². The molecule has 3 N–H and O–H groups in total. The quantitative estimate of drug-likeness (QED) is 0.674. The first-order valence-electron chi connectivity index (χ1n) is 6.67. The summed E-state index contributed by atoms with van der Waals surface area (Å²) < 4.78 is 26.9. The number of nitrogens with one attached hydrogen (secondary N) is 1. The number of ketones is 1. The number of benzene rings is 1. The fourth-order valence-corrected chi connectivity index (χ4v) is 3.19. The number of halogens is 1. The van der Waals surface area contributed by atoms with Gasteiger partial charge < -0.3 is 5.73 Å². The van der Waals surface area contributed by atoms with Gasteiger partial charge in [-0.1, -0.05) is 24.1 Å². The topological polar surface area (TPSA) is 89.3 Å². The van der Waals surface area contributed by atoms with Gasteiger partial charge in [0.1, 0.15) is 5.88 Å². The zero-order valence-corrected chi connectivity index (χ0v) is 13.5. The van der Waals surface area contributed by atoms with Crippen LogP contribution in [0.1, 0.15) is 24.8 Å². The predicted octanol–water partition coefficient (Wildman–Crippen LogP) is 1.74. The fourth-order valence-electron chi connectivity index (χ4n) is 1.80. The van der Waals surface area contributed by atoms with E-state index >= 15 is 0 Å². The molecular formula is C14H20ClN2O3S. The molecule has 1 unspecified atom stereocenters. The number of unbranched alkanes of at least 4 members (excludes halogenated alkanes) is 1. The Kier molecular flexibility index (Phi) is 7.31. The van der Waals surface area contributed by atoms with E-state index in [9.17, 15) is 13.2 Å². The summed E-state index contributed by atoms with van der Waals surface area (Å²) in [6.07, 6.45) is 1.73. The van der Waals surface area contributed by atoms with Crippen molar-refractivity contribution in [2.45, 2.75) is 37.1 Å². The van der Waals surface area contributed by atoms with E-state index in [1.165, 1.54) is 12.1 Å². The molecule has 0 saturated carbocycles. The van der Waals surface area contributed by atoms with Crippen LogP contribution in [0, 0.1) is 12.8 Å². The number of nitrogens with two attached hydrogens (primary N) is 1. The maximum Gasteiger partial charge on any atom is 0.241 e. The predicted molar refractivity (Wildman–Crippen MR) is 83.4 cm³/mol. The fraction of sp³-hybridized carbons (Fsp3) is 0.429. The van der Waals surface area contributed by atoms with Crippen LogP contribution in [0.15, 0.2) is 29.2 Å². The summed E-state index contributed by atoms with van der Waals surface area (Å²) in [4.78, 5) is 11.8. The van der Waals surface area contributed by atoms with E-state index in [1.807, 2.05) is 6.92 Å². The Balaban J connectivity index is 2.85. The third-order valence-electron chi connectivity index (χ3n) is 3.03. The van der Waals surface area contributed by atoms with Gasteiger partial charge in [-0.05, 0) is 38.4 Å². The van der Waals surface area contributed by atoms with Crippen molar-refractivity contribution in [3.63, 3.8) is 0 Å². The molecule has 0 fully saturated rings. The van der Waals surface area contributed by atoms with E-state index in [2.05, 4.69) is 4.72 Å². The summed E-state index contributed by atoms with van der Waals surface area (Å²) in [5.41, 5.74) is 6.36. The lowest BCUT2D eigenvalue weighted by Gasteiger charge is -2.16. The lowest BCUT2D eigenvalue weighted by molar-refractivity contribution is -0.116. The molecule has 0 aromatic heterocycles. The van der Waals surface area contributed by atoms with Crippen molar-refractivity contribution in [1.29, 1.82) is 0 Å². The number of carbonyl (C=O) groups is 1. The molecule has 7 heteroatoms. The van der Waals surface area contributed by atoms with Crippen molar-refractivity contribution in [2.75, 3.05) is 6.54 Å². The van der Waals surface area contributed by atoms with Gasteiger partial charge in [0.15, 0.2) is 5.78 Å². The van der Waals surface area contributed by atoms with Crippen LogP contribution in [-0.4, -0.2) is 26.8 Å². The minimum atomic E-state index is -3.75. The largest absolute Gasteiger partial charge is 0.330 e. The maximum absolute atomic E-state index is 12.3. The smallest absolute Gasteiger partial charge is 0.241 e. The number of aryl methyl sites for hydroxylation is 1. The van der Waals surface area contributed by atoms with Crippen LogP contribution in [0.3, 0.4) is 0 Å². The van der Waals surface area contributed by atoms with Crippen LogP contribution >= 0.6 is 11.6 Å². The van der Waals surface area contributed by atoms with Gasteiger partial charge in [0.05, 0.1) is 10.9 Å². The van der Waals surface area contributed by atoms with Crippen LogP contribution in [-0.2, 0) is 14.8 Å². The SMILES string of the molecule is Cc1ccc(S(=O)(=O)NC(CCCCN)C(=O)[CH]Cl)cc1. The van der Waals surface area contributed by atoms with Crippen LogP contribution in [0.2, 0.25) is 0 Å². The molecule has 0 aliphatic carbocycles. The number of hydrogen-bond acceptors (Lipinski definition) is 4. The lowest BCUT2D eigenvalue weighted by Crippen LogP contribution is -2.40. The summed E-state index contributed by atoms with van der Waals surface area (Å²) in [6, 6.07) is 5.55. The number of rotatable bonds is 9. The van der Waals surface area contributed by atoms with E-state index in [4.69, 9.17) is 17.3 Å². The van der Waals surface area contributed by atoms with E-state index in [-0.39, 0.29) is 4.90 Å². The Morgan fingerprint density at radius 2 is 1.95 bits per heavy atom. The summed E-state index contributed by atoms with van der Waals surface area (Å²) in [5.74, 6) is 0.412. The molecule has 0 heterocycles. The molecule has 0 bridgehead atoms. The molecule has 117 valence electrons. The Morgan fingerprint density at radius 1 is 1.33 bits per heavy atom. The highest BCUT2D eigenvalue weighted by atomic mass is 35.5. The Bertz CT molecular complexity index is 558. The summed E-state index contributed by atoms with van der Waals surface area (Å²) in [6.45, 7) is 2.36. The second-order valence-corrected chi connectivity index (χ2v) is 6.72. The van der Waals surface area contributed by atoms with Gasteiger partial charge >= 0.3 is 0 Å². The van der Waals surface area contributed by atoms with E-state index in [0.717, 1.165) is 17.9 Å². The van der Waals surface area contributed by atoms with Gasteiger partial charge in [-0.3, -0.25) is 4.79 Å². The highest BCUT2D eigenvalue weighted by Crippen LogP contribution is 2.13. The Labute approximate surface area is 130 Å². The van der Waals surface area contributed by atoms with Crippen molar-refractivity contribution in [2.24, 2.45) is 5.73 Å². The van der Waals surface area contributed by atoms with Gasteiger partial charge in [-0.15, -0.1) is 11.6 Å². The number of carbonyl (C=O) groups excluding carboxylic acids is 1. The van der Waals surface area contributed by atoms with E-state index < -0.39 is 21.8 Å². The molecule has 5 nitrogen and oxygen atoms in total. The van der Waals surface area contributed by atoms with E-state index in [0.29, 0.717) is 19.4 Å². The van der Waals surface area contributed by atoms with Gasteiger partial charge in [0.25, 0.3) is 0 Å². The van der Waals surface area contributed by atoms with Gasteiger partial charge in [-0.2, -0.15) is 0 Å². The molecule has 21 heavy (non-hydrogen) atoms. The summed E-state index contributed by atoms with van der Waals surface area (Å²) >= 11 is 5.42. The highest BCUT2D eigenvalue weighted by Gasteiger charge is 2.24. The van der Waals surface area contributed by atoms with Gasteiger partial charge in [-0.25, -0.2) is 13.1 Å². The number of Topliss-reactive ketones (excluding diaryl/α,β-unsaturated/α-hetero) is 1. The Hall–Kier alpha value is -0.950. The molecule has 1 aromatic carbocycles. The first-order chi connectivity index (χ1) is 9.90. The molecule has 0 aliphatic heterocycles. The second-order valence-electron chi connectivity index (χ2n) is 4.78. The Morgan fingerprint density at radius 3 is 2.48 bits per heavy atom. The third kappa shape index (κ3) is 5.74. The first-order valence-corrected chi connectivity index (χ1v) is 8.59. The van der Waals surface area contributed by atoms with Gasteiger partial charge in [0, 0.05) is 0 Å². The molecule has 1 radical (unpaired) electrons. The third-order valence-corrected chi connectivity index (χ3v) is 4.73. The van der Waals surface area contributed by atoms with Crippen LogP contribution in [0.25, 0.3) is 0 Å². The standard InChI is InChI=1S/C14H20ClN2O3S/c1-11-5-7-12(8-6-11)21(19,20)17-13(14(18)10-15)4-2-3-9-16/h5-8,10,13,17H,2-4,9,16H2,1H3. The molecular weight excluding hydrogens is 312 g/mol. The van der Waals surface area contributed by atoms with E-state index in [1.54, 1.807) is 12.1 Å². The van der Waals surface area contributed by atoms with Crippen molar-refractivity contribution < 1.29 is 13.2 Å².